The predicted molar refractivity (Wildman–Crippen MR) is 109 cm³/mol. The van der Waals surface area contributed by atoms with Crippen LogP contribution in [0, 0.1) is 6.92 Å². The van der Waals surface area contributed by atoms with Crippen molar-refractivity contribution in [3.63, 3.8) is 0 Å². The monoisotopic (exact) mass is 445 g/mol. The van der Waals surface area contributed by atoms with Gasteiger partial charge in [-0.2, -0.15) is 8.78 Å². The van der Waals surface area contributed by atoms with Gasteiger partial charge >= 0.3 is 6.61 Å². The summed E-state index contributed by atoms with van der Waals surface area (Å²) < 4.78 is 29.5. The molecule has 2 aromatic rings. The molecule has 0 saturated carbocycles. The van der Waals surface area contributed by atoms with Crippen LogP contribution in [-0.4, -0.2) is 36.3 Å². The van der Waals surface area contributed by atoms with Crippen LogP contribution in [0.4, 0.5) is 8.78 Å². The smallest absolute Gasteiger partial charge is 0.387 e. The summed E-state index contributed by atoms with van der Waals surface area (Å²) >= 11 is 0. The lowest BCUT2D eigenvalue weighted by molar-refractivity contribution is -0.134. The molecule has 3 rings (SSSR count). The number of para-hydroxylation sites is 1. The van der Waals surface area contributed by atoms with E-state index in [1.54, 1.807) is 25.1 Å². The second-order valence-electron chi connectivity index (χ2n) is 7.12. The molecule has 1 aliphatic rings. The third-order valence-electron chi connectivity index (χ3n) is 5.02. The molecule has 8 nitrogen and oxygen atoms in total. The number of piperidine rings is 1. The molecule has 0 aliphatic carbocycles. The topological polar surface area (TPSA) is 114 Å². The number of hydrogen-bond acceptors (Lipinski definition) is 5. The van der Waals surface area contributed by atoms with Crippen molar-refractivity contribution in [3.05, 3.63) is 64.7 Å². The van der Waals surface area contributed by atoms with Gasteiger partial charge in [0.1, 0.15) is 11.8 Å². The molecule has 10 heteroatoms. The number of imide groups is 1. The van der Waals surface area contributed by atoms with Gasteiger partial charge < -0.3 is 15.4 Å². The van der Waals surface area contributed by atoms with Gasteiger partial charge in [0.05, 0.1) is 5.56 Å². The fraction of sp³-hybridized carbons (Fsp3) is 0.273. The largest absolute Gasteiger partial charge is 0.434 e. The molecule has 1 fully saturated rings. The third kappa shape index (κ3) is 5.45. The molecule has 2 aromatic carbocycles. The minimum Gasteiger partial charge on any atom is -0.434 e. The van der Waals surface area contributed by atoms with Gasteiger partial charge in [-0.1, -0.05) is 24.3 Å². The number of hydrogen-bond donors (Lipinski definition) is 3. The Balaban J connectivity index is 1.68. The summed E-state index contributed by atoms with van der Waals surface area (Å²) in [4.78, 5) is 48.3. The first-order chi connectivity index (χ1) is 15.3. The summed E-state index contributed by atoms with van der Waals surface area (Å²) in [5, 5.41) is 7.42. The SMILES string of the molecule is Cc1c(CNC(=O)c2ccccc2OC(F)F)cccc1C(=O)NC1CCC(=O)NC1=O. The van der Waals surface area contributed by atoms with Crippen LogP contribution >= 0.6 is 0 Å². The lowest BCUT2D eigenvalue weighted by Gasteiger charge is -2.22. The van der Waals surface area contributed by atoms with Gasteiger partial charge in [0.15, 0.2) is 0 Å². The first kappa shape index (κ1) is 22.9. The van der Waals surface area contributed by atoms with Crippen molar-refractivity contribution in [1.82, 2.24) is 16.0 Å². The van der Waals surface area contributed by atoms with Crippen molar-refractivity contribution in [2.45, 2.75) is 39.0 Å². The van der Waals surface area contributed by atoms with Gasteiger partial charge in [0.25, 0.3) is 11.8 Å². The lowest BCUT2D eigenvalue weighted by Crippen LogP contribution is -2.52. The van der Waals surface area contributed by atoms with Crippen LogP contribution in [0.5, 0.6) is 5.75 Å². The Morgan fingerprint density at radius 2 is 1.81 bits per heavy atom. The molecule has 4 amide bonds. The van der Waals surface area contributed by atoms with Crippen LogP contribution < -0.4 is 20.7 Å². The molecule has 1 unspecified atom stereocenters. The average molecular weight is 445 g/mol. The second kappa shape index (κ2) is 9.99. The van der Waals surface area contributed by atoms with E-state index in [1.807, 2.05) is 0 Å². The zero-order valence-corrected chi connectivity index (χ0v) is 17.1. The summed E-state index contributed by atoms with van der Waals surface area (Å²) in [6, 6.07) is 9.74. The Labute approximate surface area is 182 Å². The van der Waals surface area contributed by atoms with E-state index in [4.69, 9.17) is 0 Å². The molecular formula is C22H21F2N3O5. The molecule has 1 atom stereocenters. The van der Waals surface area contributed by atoms with E-state index < -0.39 is 30.4 Å². The number of benzene rings is 2. The number of amides is 4. The molecule has 168 valence electrons. The summed E-state index contributed by atoms with van der Waals surface area (Å²) in [5.41, 5.74) is 1.47. The number of rotatable bonds is 7. The fourth-order valence-electron chi connectivity index (χ4n) is 3.31. The van der Waals surface area contributed by atoms with E-state index in [0.29, 0.717) is 16.7 Å². The van der Waals surface area contributed by atoms with Gasteiger partial charge in [-0.05, 0) is 42.7 Å². The molecule has 1 heterocycles. The Hall–Kier alpha value is -3.82. The van der Waals surface area contributed by atoms with Crippen molar-refractivity contribution in [2.75, 3.05) is 0 Å². The van der Waals surface area contributed by atoms with Crippen molar-refractivity contribution in [1.29, 1.82) is 0 Å². The van der Waals surface area contributed by atoms with Crippen LogP contribution in [0.25, 0.3) is 0 Å². The summed E-state index contributed by atoms with van der Waals surface area (Å²) in [6.07, 6.45) is 0.351. The Kier molecular flexibility index (Phi) is 7.14. The van der Waals surface area contributed by atoms with Crippen molar-refractivity contribution < 1.29 is 32.7 Å². The van der Waals surface area contributed by atoms with Crippen LogP contribution in [-0.2, 0) is 16.1 Å². The first-order valence-corrected chi connectivity index (χ1v) is 9.81. The first-order valence-electron chi connectivity index (χ1n) is 9.81. The molecule has 1 saturated heterocycles. The van der Waals surface area contributed by atoms with Gasteiger partial charge in [0.2, 0.25) is 11.8 Å². The van der Waals surface area contributed by atoms with E-state index in [2.05, 4.69) is 20.7 Å². The molecular weight excluding hydrogens is 424 g/mol. The van der Waals surface area contributed by atoms with Gasteiger partial charge in [-0.15, -0.1) is 0 Å². The standard InChI is InChI=1S/C22H21F2N3O5/c1-12-13(11-25-19(29)15-6-2-3-8-17(15)32-22(23)24)5-4-7-14(12)20(30)26-16-9-10-18(28)27-21(16)31/h2-8,16,22H,9-11H2,1H3,(H,25,29)(H,26,30)(H,27,28,31). The van der Waals surface area contributed by atoms with Crippen molar-refractivity contribution in [2.24, 2.45) is 0 Å². The van der Waals surface area contributed by atoms with Crippen LogP contribution in [0.15, 0.2) is 42.5 Å². The third-order valence-corrected chi connectivity index (χ3v) is 5.02. The quantitative estimate of drug-likeness (QED) is 0.565. The van der Waals surface area contributed by atoms with Gasteiger partial charge in [-0.3, -0.25) is 24.5 Å². The van der Waals surface area contributed by atoms with Gasteiger partial charge in [-0.25, -0.2) is 0 Å². The number of ether oxygens (including phenoxy) is 1. The number of carbonyl (C=O) groups excluding carboxylic acids is 4. The van der Waals surface area contributed by atoms with Crippen LogP contribution in [0.1, 0.15) is 44.7 Å². The maximum atomic E-state index is 12.7. The number of alkyl halides is 2. The minimum absolute atomic E-state index is 0.0349. The summed E-state index contributed by atoms with van der Waals surface area (Å²) in [6.45, 7) is -1.34. The van der Waals surface area contributed by atoms with E-state index in [9.17, 15) is 28.0 Å². The maximum absolute atomic E-state index is 12.7. The lowest BCUT2D eigenvalue weighted by atomic mass is 10.00. The molecule has 0 radical (unpaired) electrons. The average Bonchev–Trinajstić information content (AvgIpc) is 2.74. The number of carbonyl (C=O) groups is 4. The van der Waals surface area contributed by atoms with Crippen molar-refractivity contribution >= 4 is 23.6 Å². The van der Waals surface area contributed by atoms with E-state index in [1.165, 1.54) is 24.3 Å². The molecule has 3 N–H and O–H groups in total. The predicted octanol–water partition coefficient (Wildman–Crippen LogP) is 2.06. The molecule has 1 aliphatic heterocycles. The van der Waals surface area contributed by atoms with Gasteiger partial charge in [0, 0.05) is 18.5 Å². The Morgan fingerprint density at radius 3 is 2.53 bits per heavy atom. The summed E-state index contributed by atoms with van der Waals surface area (Å²) in [5.74, 6) is -2.27. The van der Waals surface area contributed by atoms with Crippen LogP contribution in [0.2, 0.25) is 0 Å². The van der Waals surface area contributed by atoms with E-state index >= 15 is 0 Å². The van der Waals surface area contributed by atoms with Crippen LogP contribution in [0.3, 0.4) is 0 Å². The molecule has 0 bridgehead atoms. The summed E-state index contributed by atoms with van der Waals surface area (Å²) in [7, 11) is 0. The Morgan fingerprint density at radius 1 is 1.09 bits per heavy atom. The Bertz CT molecular complexity index is 1060. The zero-order chi connectivity index (χ0) is 23.3. The molecule has 32 heavy (non-hydrogen) atoms. The van der Waals surface area contributed by atoms with E-state index in [0.717, 1.165) is 0 Å². The zero-order valence-electron chi connectivity index (χ0n) is 17.1. The number of nitrogens with one attached hydrogen (secondary N) is 3. The minimum atomic E-state index is -3.06. The highest BCUT2D eigenvalue weighted by molar-refractivity contribution is 6.04. The normalized spacial score (nSPS) is 15.8. The van der Waals surface area contributed by atoms with Crippen molar-refractivity contribution in [3.8, 4) is 5.75 Å². The highest BCUT2D eigenvalue weighted by Gasteiger charge is 2.28. The highest BCUT2D eigenvalue weighted by Crippen LogP contribution is 2.21. The molecule has 0 spiro atoms. The second-order valence-corrected chi connectivity index (χ2v) is 7.12. The highest BCUT2D eigenvalue weighted by atomic mass is 19.3. The van der Waals surface area contributed by atoms with E-state index in [-0.39, 0.29) is 36.6 Å². The number of halogens is 2. The maximum Gasteiger partial charge on any atom is 0.387 e. The molecule has 0 aromatic heterocycles. The fourth-order valence-corrected chi connectivity index (χ4v) is 3.31.